The minimum Gasteiger partial charge on any atom is -0.360 e. The molecule has 26 heavy (non-hydrogen) atoms. The maximum atomic E-state index is 13.0. The van der Waals surface area contributed by atoms with Gasteiger partial charge in [-0.2, -0.15) is 18.4 Å². The number of nitrogens with zero attached hydrogens (tertiary/aromatic N) is 1. The van der Waals surface area contributed by atoms with Crippen molar-refractivity contribution >= 4 is 44.8 Å². The van der Waals surface area contributed by atoms with Crippen molar-refractivity contribution in [1.29, 1.82) is 5.26 Å². The second-order valence-corrected chi connectivity index (χ2v) is 6.31. The molecule has 0 saturated heterocycles. The second kappa shape index (κ2) is 8.25. The van der Waals surface area contributed by atoms with E-state index < -0.39 is 23.2 Å². The van der Waals surface area contributed by atoms with Crippen molar-refractivity contribution in [2.24, 2.45) is 0 Å². The Labute approximate surface area is 160 Å². The van der Waals surface area contributed by atoms with Gasteiger partial charge in [0.05, 0.1) is 11.3 Å². The van der Waals surface area contributed by atoms with Crippen LogP contribution in [0.2, 0.25) is 5.02 Å². The lowest BCUT2D eigenvalue weighted by molar-refractivity contribution is -0.136. The molecular weight excluding hydrogens is 435 g/mol. The van der Waals surface area contributed by atoms with Gasteiger partial charge in [-0.25, -0.2) is 0 Å². The fourth-order valence-electron chi connectivity index (χ4n) is 1.91. The first-order valence-corrected chi connectivity index (χ1v) is 8.18. The molecule has 0 aliphatic heterocycles. The van der Waals surface area contributed by atoms with E-state index in [-0.39, 0.29) is 10.7 Å². The molecule has 0 atom stereocenters. The van der Waals surface area contributed by atoms with Gasteiger partial charge in [0.1, 0.15) is 11.6 Å². The van der Waals surface area contributed by atoms with E-state index in [9.17, 15) is 18.0 Å². The second-order valence-electron chi connectivity index (χ2n) is 4.96. The number of hydrogen-bond acceptors (Lipinski definition) is 3. The minimum atomic E-state index is -4.65. The highest BCUT2D eigenvalue weighted by atomic mass is 79.9. The summed E-state index contributed by atoms with van der Waals surface area (Å²) in [7, 11) is 0. The van der Waals surface area contributed by atoms with E-state index in [1.54, 1.807) is 30.3 Å². The first-order valence-electron chi connectivity index (χ1n) is 7.01. The van der Waals surface area contributed by atoms with Crippen LogP contribution in [0, 0.1) is 11.3 Å². The summed E-state index contributed by atoms with van der Waals surface area (Å²) >= 11 is 8.85. The Morgan fingerprint density at radius 2 is 1.85 bits per heavy atom. The number of amides is 1. The van der Waals surface area contributed by atoms with Crippen LogP contribution in [0.15, 0.2) is 58.7 Å². The SMILES string of the molecule is N#C/C(=C/Nc1ccc(Cl)cc1C(F)(F)F)C(=O)Nc1ccc(Br)cc1. The van der Waals surface area contributed by atoms with Crippen LogP contribution in [-0.2, 0) is 11.0 Å². The maximum absolute atomic E-state index is 13.0. The summed E-state index contributed by atoms with van der Waals surface area (Å²) in [6.07, 6.45) is -3.74. The normalized spacial score (nSPS) is 11.6. The third kappa shape index (κ3) is 5.25. The first-order chi connectivity index (χ1) is 12.2. The number of nitriles is 1. The van der Waals surface area contributed by atoms with Gasteiger partial charge in [-0.3, -0.25) is 4.79 Å². The van der Waals surface area contributed by atoms with Crippen molar-refractivity contribution in [3.05, 3.63) is 69.3 Å². The summed E-state index contributed by atoms with van der Waals surface area (Å²) in [6.45, 7) is 0. The summed E-state index contributed by atoms with van der Waals surface area (Å²) in [5.41, 5.74) is -1.30. The molecule has 0 spiro atoms. The number of alkyl halides is 3. The maximum Gasteiger partial charge on any atom is 0.418 e. The van der Waals surface area contributed by atoms with E-state index >= 15 is 0 Å². The predicted octanol–water partition coefficient (Wildman–Crippen LogP) is 5.58. The van der Waals surface area contributed by atoms with Gasteiger partial charge in [0.2, 0.25) is 0 Å². The van der Waals surface area contributed by atoms with Crippen LogP contribution < -0.4 is 10.6 Å². The highest BCUT2D eigenvalue weighted by Crippen LogP contribution is 2.36. The van der Waals surface area contributed by atoms with E-state index in [0.29, 0.717) is 5.69 Å². The number of halogens is 5. The lowest BCUT2D eigenvalue weighted by Crippen LogP contribution is -2.15. The van der Waals surface area contributed by atoms with Crippen molar-refractivity contribution in [1.82, 2.24) is 0 Å². The van der Waals surface area contributed by atoms with Crippen LogP contribution in [0.5, 0.6) is 0 Å². The average Bonchev–Trinajstić information content (AvgIpc) is 2.57. The van der Waals surface area contributed by atoms with Crippen molar-refractivity contribution in [2.75, 3.05) is 10.6 Å². The molecule has 0 aromatic heterocycles. The molecule has 2 aromatic carbocycles. The van der Waals surface area contributed by atoms with Crippen molar-refractivity contribution in [3.63, 3.8) is 0 Å². The van der Waals surface area contributed by atoms with Gasteiger partial charge in [-0.05, 0) is 42.5 Å². The Kier molecular flexibility index (Phi) is 6.29. The molecule has 0 unspecified atom stereocenters. The Hall–Kier alpha value is -2.50. The van der Waals surface area contributed by atoms with E-state index in [1.165, 1.54) is 6.07 Å². The van der Waals surface area contributed by atoms with Crippen molar-refractivity contribution < 1.29 is 18.0 Å². The largest absolute Gasteiger partial charge is 0.418 e. The number of hydrogen-bond donors (Lipinski definition) is 2. The summed E-state index contributed by atoms with van der Waals surface area (Å²) in [4.78, 5) is 12.1. The number of anilines is 2. The number of nitrogens with one attached hydrogen (secondary N) is 2. The van der Waals surface area contributed by atoms with E-state index in [0.717, 1.165) is 22.8 Å². The Balaban J connectivity index is 2.21. The van der Waals surface area contributed by atoms with E-state index in [2.05, 4.69) is 26.6 Å². The molecule has 134 valence electrons. The highest BCUT2D eigenvalue weighted by Gasteiger charge is 2.33. The van der Waals surface area contributed by atoms with Crippen molar-refractivity contribution in [2.45, 2.75) is 6.18 Å². The molecule has 0 aliphatic rings. The standard InChI is InChI=1S/C17H10BrClF3N3O/c18-11-1-4-13(5-2-11)25-16(26)10(8-23)9-24-15-6-3-12(19)7-14(15)17(20,21)22/h1-7,9,24H,(H,25,26)/b10-9-. The molecule has 1 amide bonds. The molecule has 0 aliphatic carbocycles. The highest BCUT2D eigenvalue weighted by molar-refractivity contribution is 9.10. The smallest absolute Gasteiger partial charge is 0.360 e. The quantitative estimate of drug-likeness (QED) is 0.478. The Morgan fingerprint density at radius 1 is 1.19 bits per heavy atom. The molecule has 4 nitrogen and oxygen atoms in total. The average molecular weight is 445 g/mol. The molecule has 0 bridgehead atoms. The van der Waals surface area contributed by atoms with E-state index in [4.69, 9.17) is 16.9 Å². The summed E-state index contributed by atoms with van der Waals surface area (Å²) in [5.74, 6) is -0.759. The molecule has 0 heterocycles. The van der Waals surface area contributed by atoms with Gasteiger partial charge in [0.25, 0.3) is 5.91 Å². The van der Waals surface area contributed by atoms with Crippen LogP contribution in [-0.4, -0.2) is 5.91 Å². The van der Waals surface area contributed by atoms with Crippen LogP contribution in [0.4, 0.5) is 24.5 Å². The Morgan fingerprint density at radius 3 is 2.42 bits per heavy atom. The minimum absolute atomic E-state index is 0.0830. The molecule has 0 saturated carbocycles. The van der Waals surface area contributed by atoms with Gasteiger partial charge in [0, 0.05) is 21.4 Å². The molecular formula is C17H10BrClF3N3O. The fraction of sp³-hybridized carbons (Fsp3) is 0.0588. The van der Waals surface area contributed by atoms with Gasteiger partial charge in [0.15, 0.2) is 0 Å². The van der Waals surface area contributed by atoms with Crippen molar-refractivity contribution in [3.8, 4) is 6.07 Å². The zero-order valence-corrected chi connectivity index (χ0v) is 15.2. The number of rotatable bonds is 4. The van der Waals surface area contributed by atoms with Gasteiger partial charge >= 0.3 is 6.18 Å². The molecule has 0 radical (unpaired) electrons. The molecule has 2 N–H and O–H groups in total. The monoisotopic (exact) mass is 443 g/mol. The molecule has 0 fully saturated rings. The van der Waals surface area contributed by atoms with E-state index in [1.807, 2.05) is 0 Å². The molecule has 9 heteroatoms. The predicted molar refractivity (Wildman–Crippen MR) is 96.5 cm³/mol. The number of carbonyl (C=O) groups excluding carboxylic acids is 1. The zero-order chi connectivity index (χ0) is 19.3. The molecule has 2 aromatic rings. The van der Waals surface area contributed by atoms with Crippen LogP contribution >= 0.6 is 27.5 Å². The topological polar surface area (TPSA) is 64.9 Å². The lowest BCUT2D eigenvalue weighted by atomic mass is 10.1. The van der Waals surface area contributed by atoms with Crippen LogP contribution in [0.25, 0.3) is 0 Å². The number of benzene rings is 2. The van der Waals surface area contributed by atoms with Gasteiger partial charge in [-0.15, -0.1) is 0 Å². The summed E-state index contributed by atoms with van der Waals surface area (Å²) in [6, 6.07) is 11.4. The van der Waals surface area contributed by atoms with Crippen LogP contribution in [0.1, 0.15) is 5.56 Å². The third-order valence-electron chi connectivity index (χ3n) is 3.13. The summed E-state index contributed by atoms with van der Waals surface area (Å²) in [5, 5.41) is 13.8. The molecule has 2 rings (SSSR count). The van der Waals surface area contributed by atoms with Crippen LogP contribution in [0.3, 0.4) is 0 Å². The van der Waals surface area contributed by atoms with Gasteiger partial charge < -0.3 is 10.6 Å². The first kappa shape index (κ1) is 19.8. The summed E-state index contributed by atoms with van der Waals surface area (Å²) < 4.78 is 39.9. The lowest BCUT2D eigenvalue weighted by Gasteiger charge is -2.13. The fourth-order valence-corrected chi connectivity index (χ4v) is 2.34. The third-order valence-corrected chi connectivity index (χ3v) is 3.89. The van der Waals surface area contributed by atoms with Gasteiger partial charge in [-0.1, -0.05) is 27.5 Å². The zero-order valence-electron chi connectivity index (χ0n) is 12.9. The Bertz CT molecular complexity index is 890. The number of carbonyl (C=O) groups is 1.